The summed E-state index contributed by atoms with van der Waals surface area (Å²) in [5.41, 5.74) is 0.105. The van der Waals surface area contributed by atoms with E-state index in [0.29, 0.717) is 17.1 Å². The quantitative estimate of drug-likeness (QED) is 0.805. The fourth-order valence-electron chi connectivity index (χ4n) is 3.70. The van der Waals surface area contributed by atoms with Gasteiger partial charge in [0, 0.05) is 24.5 Å². The van der Waals surface area contributed by atoms with Crippen LogP contribution in [0.5, 0.6) is 5.75 Å². The summed E-state index contributed by atoms with van der Waals surface area (Å²) >= 11 is 0. The molecule has 2 aromatic rings. The van der Waals surface area contributed by atoms with Crippen LogP contribution in [0.25, 0.3) is 5.82 Å². The van der Waals surface area contributed by atoms with Crippen molar-refractivity contribution < 1.29 is 9.53 Å². The zero-order chi connectivity index (χ0) is 17.4. The average molecular weight is 337 g/mol. The molecule has 0 saturated carbocycles. The number of hydrogen-bond donors (Lipinski definition) is 0. The highest BCUT2D eigenvalue weighted by Gasteiger charge is 2.38. The van der Waals surface area contributed by atoms with Crippen molar-refractivity contribution >= 4 is 5.91 Å². The second-order valence-corrected chi connectivity index (χ2v) is 6.33. The van der Waals surface area contributed by atoms with Crippen molar-refractivity contribution in [1.29, 1.82) is 0 Å². The summed E-state index contributed by atoms with van der Waals surface area (Å²) in [5.74, 6) is 0.681. The van der Waals surface area contributed by atoms with Gasteiger partial charge in [-0.1, -0.05) is 18.2 Å². The summed E-state index contributed by atoms with van der Waals surface area (Å²) in [6, 6.07) is 7.02. The first-order chi connectivity index (χ1) is 12.2. The van der Waals surface area contributed by atoms with Crippen molar-refractivity contribution in [3.63, 3.8) is 0 Å². The molecule has 0 N–H and O–H groups in total. The summed E-state index contributed by atoms with van der Waals surface area (Å²) < 4.78 is 6.71. The molecule has 0 spiro atoms. The van der Waals surface area contributed by atoms with Gasteiger partial charge in [-0.15, -0.1) is 0 Å². The van der Waals surface area contributed by atoms with Crippen molar-refractivity contribution in [3.05, 3.63) is 64.7 Å². The lowest BCUT2D eigenvalue weighted by molar-refractivity contribution is 0.0684. The van der Waals surface area contributed by atoms with E-state index in [1.807, 2.05) is 4.90 Å². The molecule has 2 aliphatic rings. The van der Waals surface area contributed by atoms with Crippen LogP contribution in [-0.2, 0) is 0 Å². The first-order valence-electron chi connectivity index (χ1n) is 8.40. The topological polar surface area (TPSA) is 64.4 Å². The lowest BCUT2D eigenvalue weighted by atomic mass is 10.1. The molecule has 2 bridgehead atoms. The number of ether oxygens (including phenoxy) is 1. The highest BCUT2D eigenvalue weighted by molar-refractivity contribution is 5.97. The fraction of sp³-hybridized carbons (Fsp3) is 0.316. The molecule has 128 valence electrons. The Hall–Kier alpha value is -2.89. The van der Waals surface area contributed by atoms with Crippen LogP contribution in [0.1, 0.15) is 29.6 Å². The number of pyridine rings is 2. The molecule has 6 nitrogen and oxygen atoms in total. The standard InChI is InChI=1S/C19H19N3O3/c1-25-16-11-18(23)21(17-7-2-3-10-20-17)12-15(16)19(24)22-13-5-4-6-14(22)9-8-13/h2-5,7,10-14H,6,8-9H2,1H3. The van der Waals surface area contributed by atoms with Gasteiger partial charge in [-0.2, -0.15) is 0 Å². The summed E-state index contributed by atoms with van der Waals surface area (Å²) in [7, 11) is 1.47. The number of hydrogen-bond acceptors (Lipinski definition) is 4. The van der Waals surface area contributed by atoms with Gasteiger partial charge in [-0.05, 0) is 31.4 Å². The average Bonchev–Trinajstić information content (AvgIpc) is 2.90. The molecule has 6 heteroatoms. The van der Waals surface area contributed by atoms with Gasteiger partial charge in [0.15, 0.2) is 0 Å². The van der Waals surface area contributed by atoms with Crippen LogP contribution in [-0.4, -0.2) is 39.6 Å². The molecule has 4 rings (SSSR count). The maximum Gasteiger partial charge on any atom is 0.260 e. The van der Waals surface area contributed by atoms with Crippen molar-refractivity contribution in [3.8, 4) is 11.6 Å². The van der Waals surface area contributed by atoms with Gasteiger partial charge in [0.05, 0.1) is 18.7 Å². The second kappa shape index (κ2) is 6.20. The van der Waals surface area contributed by atoms with E-state index >= 15 is 0 Å². The molecule has 0 aromatic carbocycles. The van der Waals surface area contributed by atoms with Crippen LogP contribution in [0.4, 0.5) is 0 Å². The predicted octanol–water partition coefficient (Wildman–Crippen LogP) is 2.17. The van der Waals surface area contributed by atoms with Gasteiger partial charge < -0.3 is 9.64 Å². The number of nitrogens with zero attached hydrogens (tertiary/aromatic N) is 3. The zero-order valence-electron chi connectivity index (χ0n) is 14.0. The van der Waals surface area contributed by atoms with Crippen LogP contribution in [0, 0.1) is 0 Å². The van der Waals surface area contributed by atoms with E-state index in [-0.39, 0.29) is 23.6 Å². The largest absolute Gasteiger partial charge is 0.496 e. The van der Waals surface area contributed by atoms with Crippen LogP contribution >= 0.6 is 0 Å². The Labute approximate surface area is 145 Å². The van der Waals surface area contributed by atoms with Crippen LogP contribution in [0.3, 0.4) is 0 Å². The summed E-state index contributed by atoms with van der Waals surface area (Å²) in [6.45, 7) is 0. The molecule has 2 unspecified atom stereocenters. The number of rotatable bonds is 3. The number of methoxy groups -OCH3 is 1. The Morgan fingerprint density at radius 2 is 2.20 bits per heavy atom. The first-order valence-corrected chi connectivity index (χ1v) is 8.40. The molecule has 1 fully saturated rings. The number of carbonyl (C=O) groups excluding carboxylic acids is 1. The lowest BCUT2D eigenvalue weighted by Gasteiger charge is -2.32. The predicted molar refractivity (Wildman–Crippen MR) is 93.1 cm³/mol. The molecule has 1 saturated heterocycles. The second-order valence-electron chi connectivity index (χ2n) is 6.33. The summed E-state index contributed by atoms with van der Waals surface area (Å²) in [5, 5.41) is 0. The first kappa shape index (κ1) is 15.6. The van der Waals surface area contributed by atoms with E-state index < -0.39 is 0 Å². The molecule has 2 aromatic heterocycles. The molecular formula is C19H19N3O3. The molecule has 0 radical (unpaired) electrons. The monoisotopic (exact) mass is 337 g/mol. The Morgan fingerprint density at radius 1 is 1.32 bits per heavy atom. The molecule has 2 atom stereocenters. The van der Waals surface area contributed by atoms with E-state index in [1.165, 1.54) is 17.7 Å². The van der Waals surface area contributed by atoms with E-state index in [0.717, 1.165) is 19.3 Å². The third-order valence-electron chi connectivity index (χ3n) is 4.91. The van der Waals surface area contributed by atoms with Gasteiger partial charge in [-0.25, -0.2) is 4.98 Å². The Balaban J connectivity index is 1.80. The van der Waals surface area contributed by atoms with E-state index in [2.05, 4.69) is 17.1 Å². The molecule has 2 aliphatic heterocycles. The normalized spacial score (nSPS) is 21.4. The fourth-order valence-corrected chi connectivity index (χ4v) is 3.70. The van der Waals surface area contributed by atoms with E-state index in [9.17, 15) is 9.59 Å². The smallest absolute Gasteiger partial charge is 0.260 e. The molecule has 0 aliphatic carbocycles. The SMILES string of the molecule is COc1cc(=O)n(-c2ccccn2)cc1C(=O)N1C2C=CCC1CC2. The number of aromatic nitrogens is 2. The van der Waals surface area contributed by atoms with E-state index in [4.69, 9.17) is 4.74 Å². The van der Waals surface area contributed by atoms with Gasteiger partial charge in [0.1, 0.15) is 11.6 Å². The number of amides is 1. The maximum absolute atomic E-state index is 13.2. The van der Waals surface area contributed by atoms with Crippen molar-refractivity contribution in [2.45, 2.75) is 31.3 Å². The molecule has 25 heavy (non-hydrogen) atoms. The molecular weight excluding hydrogens is 318 g/mol. The van der Waals surface area contributed by atoms with Gasteiger partial charge >= 0.3 is 0 Å². The minimum atomic E-state index is -0.284. The minimum absolute atomic E-state index is 0.0987. The Morgan fingerprint density at radius 3 is 2.92 bits per heavy atom. The highest BCUT2D eigenvalue weighted by Crippen LogP contribution is 2.34. The van der Waals surface area contributed by atoms with Crippen molar-refractivity contribution in [2.24, 2.45) is 0 Å². The number of fused-ring (bicyclic) bond motifs is 2. The van der Waals surface area contributed by atoms with Gasteiger partial charge in [-0.3, -0.25) is 14.2 Å². The minimum Gasteiger partial charge on any atom is -0.496 e. The van der Waals surface area contributed by atoms with Crippen LogP contribution < -0.4 is 10.3 Å². The van der Waals surface area contributed by atoms with Crippen molar-refractivity contribution in [2.75, 3.05) is 7.11 Å². The summed E-state index contributed by atoms with van der Waals surface area (Å²) in [4.78, 5) is 31.7. The Bertz CT molecular complexity index is 889. The third kappa shape index (κ3) is 2.63. The van der Waals surface area contributed by atoms with Crippen LogP contribution in [0.2, 0.25) is 0 Å². The van der Waals surface area contributed by atoms with Crippen LogP contribution in [0.15, 0.2) is 53.6 Å². The Kier molecular flexibility index (Phi) is 3.87. The highest BCUT2D eigenvalue weighted by atomic mass is 16.5. The number of carbonyl (C=O) groups is 1. The maximum atomic E-state index is 13.2. The molecule has 4 heterocycles. The van der Waals surface area contributed by atoms with Gasteiger partial charge in [0.2, 0.25) is 0 Å². The third-order valence-corrected chi connectivity index (χ3v) is 4.91. The summed E-state index contributed by atoms with van der Waals surface area (Å²) in [6.07, 6.45) is 10.3. The lowest BCUT2D eigenvalue weighted by Crippen LogP contribution is -2.42. The zero-order valence-corrected chi connectivity index (χ0v) is 14.0. The molecule has 1 amide bonds. The van der Waals surface area contributed by atoms with E-state index in [1.54, 1.807) is 30.6 Å². The van der Waals surface area contributed by atoms with Gasteiger partial charge in [0.25, 0.3) is 11.5 Å². The van der Waals surface area contributed by atoms with Crippen molar-refractivity contribution in [1.82, 2.24) is 14.5 Å².